The van der Waals surface area contributed by atoms with Gasteiger partial charge in [-0.2, -0.15) is 0 Å². The molecule has 3 saturated heterocycles. The van der Waals surface area contributed by atoms with Gasteiger partial charge >= 0.3 is 12.0 Å². The van der Waals surface area contributed by atoms with Gasteiger partial charge in [0.05, 0.1) is 5.92 Å². The molecular formula is C15H25N3O3. The predicted molar refractivity (Wildman–Crippen MR) is 78.1 cm³/mol. The summed E-state index contributed by atoms with van der Waals surface area (Å²) < 4.78 is 0. The Hall–Kier alpha value is -1.30. The second-order valence-corrected chi connectivity index (χ2v) is 6.67. The molecule has 2 amide bonds. The number of nitrogens with zero attached hydrogens (tertiary/aromatic N) is 2. The van der Waals surface area contributed by atoms with E-state index in [1.165, 1.54) is 19.4 Å². The lowest BCUT2D eigenvalue weighted by Gasteiger charge is -2.36. The molecule has 3 fully saturated rings. The summed E-state index contributed by atoms with van der Waals surface area (Å²) in [6.45, 7) is 4.66. The van der Waals surface area contributed by atoms with E-state index in [1.807, 2.05) is 6.92 Å². The minimum absolute atomic E-state index is 0.0808. The van der Waals surface area contributed by atoms with Gasteiger partial charge in [0.1, 0.15) is 0 Å². The topological polar surface area (TPSA) is 72.9 Å². The van der Waals surface area contributed by atoms with Gasteiger partial charge < -0.3 is 20.2 Å². The first-order chi connectivity index (χ1) is 10.1. The molecule has 0 radical (unpaired) electrons. The highest BCUT2D eigenvalue weighted by Crippen LogP contribution is 2.28. The molecular weight excluding hydrogens is 270 g/mol. The predicted octanol–water partition coefficient (Wildman–Crippen LogP) is 1.12. The summed E-state index contributed by atoms with van der Waals surface area (Å²) in [5, 5.41) is 12.3. The molecule has 2 N–H and O–H groups in total. The van der Waals surface area contributed by atoms with Crippen LogP contribution in [0.2, 0.25) is 0 Å². The first-order valence-corrected chi connectivity index (χ1v) is 8.10. The van der Waals surface area contributed by atoms with Crippen molar-refractivity contribution >= 4 is 12.0 Å². The molecule has 0 spiro atoms. The molecule has 0 aromatic carbocycles. The standard InChI is InChI=1S/C15H25N3O3/c1-10-13(14(19)20)5-8-18(10)15(21)16-11-4-7-17-6-2-3-12(17)9-11/h10-13H,2-9H2,1H3,(H,16,21)(H,19,20). The Morgan fingerprint density at radius 2 is 1.95 bits per heavy atom. The summed E-state index contributed by atoms with van der Waals surface area (Å²) in [7, 11) is 0. The molecule has 0 bridgehead atoms. The largest absolute Gasteiger partial charge is 0.481 e. The first kappa shape index (κ1) is 14.6. The van der Waals surface area contributed by atoms with Gasteiger partial charge in [-0.3, -0.25) is 4.79 Å². The maximum absolute atomic E-state index is 12.4. The Morgan fingerprint density at radius 1 is 1.14 bits per heavy atom. The fraction of sp³-hybridized carbons (Fsp3) is 0.867. The molecule has 118 valence electrons. The van der Waals surface area contributed by atoms with Gasteiger partial charge in [-0.05, 0) is 45.6 Å². The van der Waals surface area contributed by atoms with Crippen molar-refractivity contribution in [1.82, 2.24) is 15.1 Å². The molecule has 0 aromatic heterocycles. The Morgan fingerprint density at radius 3 is 2.67 bits per heavy atom. The SMILES string of the molecule is CC1C(C(=O)O)CCN1C(=O)NC1CCN2CCCC2C1. The molecule has 0 aliphatic carbocycles. The second kappa shape index (κ2) is 5.83. The highest BCUT2D eigenvalue weighted by molar-refractivity contribution is 5.78. The monoisotopic (exact) mass is 295 g/mol. The Bertz CT molecular complexity index is 428. The van der Waals surface area contributed by atoms with E-state index < -0.39 is 11.9 Å². The van der Waals surface area contributed by atoms with Crippen LogP contribution < -0.4 is 5.32 Å². The Labute approximate surface area is 125 Å². The van der Waals surface area contributed by atoms with E-state index in [-0.39, 0.29) is 18.1 Å². The molecule has 3 rings (SSSR count). The average molecular weight is 295 g/mol. The first-order valence-electron chi connectivity index (χ1n) is 8.10. The van der Waals surface area contributed by atoms with Crippen molar-refractivity contribution in [3.8, 4) is 0 Å². The molecule has 3 heterocycles. The lowest BCUT2D eigenvalue weighted by atomic mass is 9.98. The van der Waals surface area contributed by atoms with Crippen LogP contribution in [-0.2, 0) is 4.79 Å². The highest BCUT2D eigenvalue weighted by atomic mass is 16.4. The number of carboxylic acid groups (broad SMARTS) is 1. The van der Waals surface area contributed by atoms with Crippen molar-refractivity contribution in [1.29, 1.82) is 0 Å². The maximum Gasteiger partial charge on any atom is 0.317 e. The number of piperidine rings is 1. The number of hydrogen-bond donors (Lipinski definition) is 2. The number of urea groups is 1. The zero-order valence-electron chi connectivity index (χ0n) is 12.6. The van der Waals surface area contributed by atoms with Gasteiger partial charge in [-0.1, -0.05) is 0 Å². The lowest BCUT2D eigenvalue weighted by Crippen LogP contribution is -2.52. The fourth-order valence-electron chi connectivity index (χ4n) is 4.17. The van der Waals surface area contributed by atoms with Gasteiger partial charge in [0.2, 0.25) is 0 Å². The Balaban J connectivity index is 1.53. The van der Waals surface area contributed by atoms with Crippen LogP contribution in [0.1, 0.15) is 39.0 Å². The van der Waals surface area contributed by atoms with Crippen molar-refractivity contribution in [3.63, 3.8) is 0 Å². The number of carbonyl (C=O) groups excluding carboxylic acids is 1. The molecule has 4 atom stereocenters. The summed E-state index contributed by atoms with van der Waals surface area (Å²) in [4.78, 5) is 27.7. The van der Waals surface area contributed by atoms with Crippen LogP contribution in [0.25, 0.3) is 0 Å². The molecule has 3 aliphatic rings. The van der Waals surface area contributed by atoms with E-state index in [1.54, 1.807) is 4.90 Å². The van der Waals surface area contributed by atoms with Crippen molar-refractivity contribution in [2.75, 3.05) is 19.6 Å². The van der Waals surface area contributed by atoms with Gasteiger partial charge in [0.15, 0.2) is 0 Å². The van der Waals surface area contributed by atoms with E-state index in [2.05, 4.69) is 10.2 Å². The average Bonchev–Trinajstić information content (AvgIpc) is 3.04. The van der Waals surface area contributed by atoms with Crippen molar-refractivity contribution < 1.29 is 14.7 Å². The molecule has 21 heavy (non-hydrogen) atoms. The number of rotatable bonds is 2. The summed E-state index contributed by atoms with van der Waals surface area (Å²) in [5.41, 5.74) is 0. The van der Waals surface area contributed by atoms with Crippen LogP contribution in [-0.4, -0.2) is 64.7 Å². The van der Waals surface area contributed by atoms with E-state index in [4.69, 9.17) is 5.11 Å². The molecule has 4 unspecified atom stereocenters. The number of fused-ring (bicyclic) bond motifs is 1. The molecule has 6 nitrogen and oxygen atoms in total. The third-order valence-electron chi connectivity index (χ3n) is 5.48. The Kier molecular flexibility index (Phi) is 4.06. The quantitative estimate of drug-likeness (QED) is 0.800. The van der Waals surface area contributed by atoms with E-state index >= 15 is 0 Å². The third-order valence-corrected chi connectivity index (χ3v) is 5.48. The summed E-state index contributed by atoms with van der Waals surface area (Å²) in [5.74, 6) is -1.22. The highest BCUT2D eigenvalue weighted by Gasteiger charge is 2.39. The number of hydrogen-bond acceptors (Lipinski definition) is 3. The molecule has 0 aromatic rings. The van der Waals surface area contributed by atoms with Gasteiger partial charge in [0.25, 0.3) is 0 Å². The fourth-order valence-corrected chi connectivity index (χ4v) is 4.17. The van der Waals surface area contributed by atoms with Crippen molar-refractivity contribution in [2.45, 2.75) is 57.2 Å². The van der Waals surface area contributed by atoms with E-state index in [9.17, 15) is 9.59 Å². The maximum atomic E-state index is 12.4. The summed E-state index contributed by atoms with van der Waals surface area (Å²) in [6, 6.07) is 0.580. The van der Waals surface area contributed by atoms with Crippen molar-refractivity contribution in [3.05, 3.63) is 0 Å². The minimum Gasteiger partial charge on any atom is -0.481 e. The normalized spacial score (nSPS) is 36.5. The van der Waals surface area contributed by atoms with Gasteiger partial charge in [0, 0.05) is 31.2 Å². The van der Waals surface area contributed by atoms with E-state index in [0.29, 0.717) is 19.0 Å². The van der Waals surface area contributed by atoms with Gasteiger partial charge in [-0.15, -0.1) is 0 Å². The van der Waals surface area contributed by atoms with Crippen LogP contribution in [0.3, 0.4) is 0 Å². The molecule has 0 saturated carbocycles. The minimum atomic E-state index is -0.794. The smallest absolute Gasteiger partial charge is 0.317 e. The summed E-state index contributed by atoms with van der Waals surface area (Å²) >= 11 is 0. The van der Waals surface area contributed by atoms with Crippen LogP contribution in [0.5, 0.6) is 0 Å². The van der Waals surface area contributed by atoms with Crippen LogP contribution >= 0.6 is 0 Å². The van der Waals surface area contributed by atoms with Gasteiger partial charge in [-0.25, -0.2) is 4.79 Å². The second-order valence-electron chi connectivity index (χ2n) is 6.67. The zero-order valence-corrected chi connectivity index (χ0v) is 12.6. The third kappa shape index (κ3) is 2.86. The molecule has 6 heteroatoms. The summed E-state index contributed by atoms with van der Waals surface area (Å²) in [6.07, 6.45) is 5.12. The van der Waals surface area contributed by atoms with E-state index in [0.717, 1.165) is 19.4 Å². The van der Waals surface area contributed by atoms with Crippen molar-refractivity contribution in [2.24, 2.45) is 5.92 Å². The molecule has 3 aliphatic heterocycles. The number of amides is 2. The number of carboxylic acids is 1. The van der Waals surface area contributed by atoms with Crippen LogP contribution in [0.15, 0.2) is 0 Å². The van der Waals surface area contributed by atoms with Crippen LogP contribution in [0.4, 0.5) is 4.79 Å². The number of carbonyl (C=O) groups is 2. The van der Waals surface area contributed by atoms with Crippen LogP contribution in [0, 0.1) is 5.92 Å². The lowest BCUT2D eigenvalue weighted by molar-refractivity contribution is -0.142. The number of nitrogens with one attached hydrogen (secondary N) is 1. The zero-order chi connectivity index (χ0) is 15.0. The number of likely N-dealkylation sites (tertiary alicyclic amines) is 1. The number of aliphatic carboxylic acids is 1.